The molecule has 3 rings (SSSR count). The van der Waals surface area contributed by atoms with Crippen molar-refractivity contribution in [2.45, 2.75) is 51.7 Å². The van der Waals surface area contributed by atoms with E-state index in [2.05, 4.69) is 35.5 Å². The van der Waals surface area contributed by atoms with Crippen LogP contribution in [0.2, 0.25) is 0 Å². The number of nitrogens with one attached hydrogen (secondary N) is 1. The molecule has 0 radical (unpaired) electrons. The van der Waals surface area contributed by atoms with Crippen LogP contribution in [-0.2, 0) is 16.7 Å². The van der Waals surface area contributed by atoms with Crippen LogP contribution in [-0.4, -0.2) is 46.5 Å². The van der Waals surface area contributed by atoms with Crippen LogP contribution < -0.4 is 5.32 Å². The highest BCUT2D eigenvalue weighted by molar-refractivity contribution is 5.92. The third-order valence-electron chi connectivity index (χ3n) is 4.69. The summed E-state index contributed by atoms with van der Waals surface area (Å²) < 4.78 is 49.5. The van der Waals surface area contributed by atoms with Gasteiger partial charge in [-0.25, -0.2) is 4.98 Å². The standard InChI is InChI=1S/C19H25F3N4O3/c1-18(2,3)17-24-14(10-26(17)9-12-4-6-28-7-5-12)15-8-13(25-29-15)16(27)23-11-19(20,21)22/h8,10,12H,4-7,9,11H2,1-3H3,(H,23,27). The Kier molecular flexibility index (Phi) is 6.02. The molecule has 1 aliphatic rings. The average molecular weight is 414 g/mol. The summed E-state index contributed by atoms with van der Waals surface area (Å²) in [4.78, 5) is 16.5. The third kappa shape index (κ3) is 5.59. The Hall–Kier alpha value is -2.36. The fraction of sp³-hybridized carbons (Fsp3) is 0.632. The number of imidazole rings is 1. The van der Waals surface area contributed by atoms with E-state index in [4.69, 9.17) is 9.26 Å². The highest BCUT2D eigenvalue weighted by Gasteiger charge is 2.29. The lowest BCUT2D eigenvalue weighted by molar-refractivity contribution is -0.123. The lowest BCUT2D eigenvalue weighted by Crippen LogP contribution is -2.33. The van der Waals surface area contributed by atoms with Crippen molar-refractivity contribution in [1.82, 2.24) is 20.0 Å². The van der Waals surface area contributed by atoms with Gasteiger partial charge in [0, 0.05) is 37.4 Å². The zero-order valence-corrected chi connectivity index (χ0v) is 16.7. The number of hydrogen-bond acceptors (Lipinski definition) is 5. The quantitative estimate of drug-likeness (QED) is 0.809. The summed E-state index contributed by atoms with van der Waals surface area (Å²) >= 11 is 0. The van der Waals surface area contributed by atoms with Crippen LogP contribution >= 0.6 is 0 Å². The molecule has 1 saturated heterocycles. The van der Waals surface area contributed by atoms with E-state index in [0.717, 1.165) is 38.4 Å². The molecular weight excluding hydrogens is 389 g/mol. The summed E-state index contributed by atoms with van der Waals surface area (Å²) in [6, 6.07) is 1.30. The zero-order valence-electron chi connectivity index (χ0n) is 16.7. The Morgan fingerprint density at radius 3 is 2.59 bits per heavy atom. The summed E-state index contributed by atoms with van der Waals surface area (Å²) in [7, 11) is 0. The van der Waals surface area contributed by atoms with Crippen molar-refractivity contribution in [3.63, 3.8) is 0 Å². The summed E-state index contributed by atoms with van der Waals surface area (Å²) in [5.41, 5.74) is 0.0426. The molecule has 0 unspecified atom stereocenters. The number of nitrogens with zero attached hydrogens (tertiary/aromatic N) is 3. The minimum Gasteiger partial charge on any atom is -0.381 e. The van der Waals surface area contributed by atoms with Crippen molar-refractivity contribution in [3.05, 3.63) is 23.8 Å². The van der Waals surface area contributed by atoms with Gasteiger partial charge in [0.05, 0.1) is 0 Å². The number of hydrogen-bond donors (Lipinski definition) is 1. The molecule has 7 nitrogen and oxygen atoms in total. The Morgan fingerprint density at radius 2 is 1.97 bits per heavy atom. The lowest BCUT2D eigenvalue weighted by atomic mass is 9.94. The largest absolute Gasteiger partial charge is 0.405 e. The van der Waals surface area contributed by atoms with Gasteiger partial charge < -0.3 is 19.1 Å². The molecule has 0 spiro atoms. The second kappa shape index (κ2) is 8.17. The highest BCUT2D eigenvalue weighted by atomic mass is 19.4. The summed E-state index contributed by atoms with van der Waals surface area (Å²) in [6.45, 7) is 7.01. The smallest absolute Gasteiger partial charge is 0.381 e. The first kappa shape index (κ1) is 21.4. The molecule has 2 aromatic heterocycles. The van der Waals surface area contributed by atoms with Crippen molar-refractivity contribution >= 4 is 5.91 Å². The van der Waals surface area contributed by atoms with E-state index in [9.17, 15) is 18.0 Å². The summed E-state index contributed by atoms with van der Waals surface area (Å²) in [6.07, 6.45) is -0.702. The maximum Gasteiger partial charge on any atom is 0.405 e. The Bertz CT molecular complexity index is 846. The number of alkyl halides is 3. The van der Waals surface area contributed by atoms with Gasteiger partial charge in [-0.05, 0) is 18.8 Å². The molecule has 1 amide bonds. The molecule has 160 valence electrons. The van der Waals surface area contributed by atoms with E-state index in [1.165, 1.54) is 6.07 Å². The molecule has 0 aromatic carbocycles. The molecule has 1 fully saturated rings. The van der Waals surface area contributed by atoms with Crippen molar-refractivity contribution in [3.8, 4) is 11.5 Å². The molecular formula is C19H25F3N4O3. The SMILES string of the molecule is CC(C)(C)c1nc(-c2cc(C(=O)NCC(F)(F)F)no2)cn1CC1CCOCC1. The average Bonchev–Trinajstić information content (AvgIpc) is 3.26. The van der Waals surface area contributed by atoms with Crippen LogP contribution in [0.25, 0.3) is 11.5 Å². The van der Waals surface area contributed by atoms with E-state index in [1.807, 2.05) is 6.20 Å². The summed E-state index contributed by atoms with van der Waals surface area (Å²) in [5, 5.41) is 5.36. The van der Waals surface area contributed by atoms with Crippen LogP contribution in [0, 0.1) is 5.92 Å². The van der Waals surface area contributed by atoms with Gasteiger partial charge in [0.2, 0.25) is 0 Å². The van der Waals surface area contributed by atoms with Crippen LogP contribution in [0.3, 0.4) is 0 Å². The second-order valence-electron chi connectivity index (χ2n) is 8.28. The fourth-order valence-corrected chi connectivity index (χ4v) is 3.25. The number of rotatable bonds is 5. The molecule has 0 aliphatic carbocycles. The Balaban J connectivity index is 1.80. The first-order valence-electron chi connectivity index (χ1n) is 9.50. The Labute approximate surface area is 166 Å². The van der Waals surface area contributed by atoms with E-state index in [-0.39, 0.29) is 16.9 Å². The molecule has 0 bridgehead atoms. The van der Waals surface area contributed by atoms with Crippen LogP contribution in [0.5, 0.6) is 0 Å². The van der Waals surface area contributed by atoms with Gasteiger partial charge >= 0.3 is 6.18 Å². The fourth-order valence-electron chi connectivity index (χ4n) is 3.25. The van der Waals surface area contributed by atoms with Crippen LogP contribution in [0.1, 0.15) is 49.9 Å². The monoisotopic (exact) mass is 414 g/mol. The number of aromatic nitrogens is 3. The molecule has 2 aromatic rings. The predicted molar refractivity (Wildman–Crippen MR) is 98.4 cm³/mol. The van der Waals surface area contributed by atoms with E-state index in [1.54, 1.807) is 5.32 Å². The molecule has 1 N–H and O–H groups in total. The van der Waals surface area contributed by atoms with Gasteiger partial charge in [-0.1, -0.05) is 25.9 Å². The van der Waals surface area contributed by atoms with E-state index >= 15 is 0 Å². The number of carbonyl (C=O) groups is 1. The lowest BCUT2D eigenvalue weighted by Gasteiger charge is -2.25. The number of carbonyl (C=O) groups excluding carboxylic acids is 1. The molecule has 10 heteroatoms. The minimum absolute atomic E-state index is 0.222. The van der Waals surface area contributed by atoms with Crippen molar-refractivity contribution < 1.29 is 27.2 Å². The molecule has 0 atom stereocenters. The summed E-state index contributed by atoms with van der Waals surface area (Å²) in [5.74, 6) is 0.622. The molecule has 3 heterocycles. The van der Waals surface area contributed by atoms with E-state index < -0.39 is 18.6 Å². The topological polar surface area (TPSA) is 82.2 Å². The first-order chi connectivity index (χ1) is 13.5. The van der Waals surface area contributed by atoms with Gasteiger partial charge in [-0.15, -0.1) is 0 Å². The molecule has 0 saturated carbocycles. The van der Waals surface area contributed by atoms with Gasteiger partial charge in [0.15, 0.2) is 11.5 Å². The van der Waals surface area contributed by atoms with Gasteiger partial charge in [0.1, 0.15) is 18.1 Å². The van der Waals surface area contributed by atoms with Gasteiger partial charge in [-0.3, -0.25) is 4.79 Å². The van der Waals surface area contributed by atoms with Crippen LogP contribution in [0.4, 0.5) is 13.2 Å². The van der Waals surface area contributed by atoms with Crippen molar-refractivity contribution in [1.29, 1.82) is 0 Å². The highest BCUT2D eigenvalue weighted by Crippen LogP contribution is 2.29. The van der Waals surface area contributed by atoms with Gasteiger partial charge in [0.25, 0.3) is 5.91 Å². The number of amides is 1. The van der Waals surface area contributed by atoms with Crippen molar-refractivity contribution in [2.75, 3.05) is 19.8 Å². The minimum atomic E-state index is -4.49. The number of ether oxygens (including phenoxy) is 1. The first-order valence-corrected chi connectivity index (χ1v) is 9.50. The number of halogens is 3. The normalized spacial score (nSPS) is 16.2. The maximum atomic E-state index is 12.3. The zero-order chi connectivity index (χ0) is 21.2. The second-order valence-corrected chi connectivity index (χ2v) is 8.28. The molecule has 1 aliphatic heterocycles. The Morgan fingerprint density at radius 1 is 1.28 bits per heavy atom. The maximum absolute atomic E-state index is 12.3. The predicted octanol–water partition coefficient (Wildman–Crippen LogP) is 3.55. The van der Waals surface area contributed by atoms with Crippen molar-refractivity contribution in [2.24, 2.45) is 5.92 Å². The van der Waals surface area contributed by atoms with Crippen LogP contribution in [0.15, 0.2) is 16.8 Å². The van der Waals surface area contributed by atoms with E-state index in [0.29, 0.717) is 11.6 Å². The third-order valence-corrected chi connectivity index (χ3v) is 4.69. The van der Waals surface area contributed by atoms with Gasteiger partial charge in [-0.2, -0.15) is 13.2 Å². The molecule has 29 heavy (non-hydrogen) atoms.